The first kappa shape index (κ1) is 13.2. The van der Waals surface area contributed by atoms with E-state index in [1.165, 1.54) is 16.0 Å². The Hall–Kier alpha value is -1.81. The monoisotopic (exact) mass is 286 g/mol. The maximum absolute atomic E-state index is 12.1. The van der Waals surface area contributed by atoms with Crippen molar-refractivity contribution in [2.24, 2.45) is 0 Å². The van der Waals surface area contributed by atoms with E-state index in [1.54, 1.807) is 11.3 Å². The fourth-order valence-electron chi connectivity index (χ4n) is 2.71. The fourth-order valence-corrected chi connectivity index (χ4v) is 3.45. The predicted molar refractivity (Wildman–Crippen MR) is 81.9 cm³/mol. The molecule has 2 amide bonds. The number of rotatable bonds is 3. The molecule has 1 aromatic heterocycles. The van der Waals surface area contributed by atoms with E-state index >= 15 is 0 Å². The van der Waals surface area contributed by atoms with Crippen molar-refractivity contribution < 1.29 is 4.79 Å². The zero-order valence-electron chi connectivity index (χ0n) is 11.4. The van der Waals surface area contributed by atoms with Gasteiger partial charge < -0.3 is 10.6 Å². The Morgan fingerprint density at radius 1 is 1.30 bits per heavy atom. The number of amides is 2. The molecule has 4 heteroatoms. The first-order chi connectivity index (χ1) is 9.74. The molecule has 0 bridgehead atoms. The number of nitrogens with one attached hydrogen (secondary N) is 2. The Kier molecular flexibility index (Phi) is 3.74. The maximum Gasteiger partial charge on any atom is 0.315 e. The van der Waals surface area contributed by atoms with Crippen LogP contribution in [0.15, 0.2) is 41.8 Å². The van der Waals surface area contributed by atoms with Gasteiger partial charge in [0.25, 0.3) is 0 Å². The van der Waals surface area contributed by atoms with Gasteiger partial charge in [-0.1, -0.05) is 30.3 Å². The van der Waals surface area contributed by atoms with Gasteiger partial charge in [-0.25, -0.2) is 4.79 Å². The molecule has 2 aromatic rings. The van der Waals surface area contributed by atoms with Crippen LogP contribution in [0.25, 0.3) is 0 Å². The van der Waals surface area contributed by atoms with Crippen LogP contribution in [0, 0.1) is 0 Å². The van der Waals surface area contributed by atoms with E-state index in [0.29, 0.717) is 0 Å². The number of aryl methyl sites for hydroxylation is 1. The molecule has 0 saturated carbocycles. The van der Waals surface area contributed by atoms with Crippen LogP contribution in [-0.2, 0) is 6.42 Å². The topological polar surface area (TPSA) is 41.1 Å². The van der Waals surface area contributed by atoms with E-state index in [-0.39, 0.29) is 18.1 Å². The average Bonchev–Trinajstić information content (AvgIpc) is 3.09. The summed E-state index contributed by atoms with van der Waals surface area (Å²) >= 11 is 1.66. The minimum Gasteiger partial charge on any atom is -0.331 e. The van der Waals surface area contributed by atoms with Crippen LogP contribution in [0.5, 0.6) is 0 Å². The van der Waals surface area contributed by atoms with Gasteiger partial charge in [0, 0.05) is 4.88 Å². The van der Waals surface area contributed by atoms with Crippen molar-refractivity contribution in [2.75, 3.05) is 0 Å². The van der Waals surface area contributed by atoms with Crippen LogP contribution in [-0.4, -0.2) is 6.03 Å². The Morgan fingerprint density at radius 3 is 2.95 bits per heavy atom. The van der Waals surface area contributed by atoms with Crippen LogP contribution in [0.2, 0.25) is 0 Å². The molecule has 0 radical (unpaired) electrons. The largest absolute Gasteiger partial charge is 0.331 e. The summed E-state index contributed by atoms with van der Waals surface area (Å²) in [5.74, 6) is 0. The van der Waals surface area contributed by atoms with Gasteiger partial charge in [0.15, 0.2) is 0 Å². The van der Waals surface area contributed by atoms with E-state index < -0.39 is 0 Å². The average molecular weight is 286 g/mol. The third kappa shape index (κ3) is 2.70. The number of hydrogen-bond donors (Lipinski definition) is 2. The number of hydrogen-bond acceptors (Lipinski definition) is 2. The number of thiophene rings is 1. The van der Waals surface area contributed by atoms with E-state index in [1.807, 2.05) is 30.5 Å². The fraction of sp³-hybridized carbons (Fsp3) is 0.312. The molecule has 1 aliphatic carbocycles. The van der Waals surface area contributed by atoms with E-state index in [2.05, 4.69) is 28.8 Å². The molecule has 2 atom stereocenters. The lowest BCUT2D eigenvalue weighted by Crippen LogP contribution is -2.38. The van der Waals surface area contributed by atoms with Crippen molar-refractivity contribution in [1.29, 1.82) is 0 Å². The number of urea groups is 1. The first-order valence-electron chi connectivity index (χ1n) is 6.92. The summed E-state index contributed by atoms with van der Waals surface area (Å²) < 4.78 is 0. The van der Waals surface area contributed by atoms with Crippen LogP contribution in [0.1, 0.15) is 41.4 Å². The molecule has 0 unspecified atom stereocenters. The normalized spacial score (nSPS) is 18.4. The minimum atomic E-state index is -0.0902. The van der Waals surface area contributed by atoms with Crippen molar-refractivity contribution in [1.82, 2.24) is 10.6 Å². The maximum atomic E-state index is 12.1. The van der Waals surface area contributed by atoms with Crippen LogP contribution < -0.4 is 10.6 Å². The Morgan fingerprint density at radius 2 is 2.15 bits per heavy atom. The third-order valence-electron chi connectivity index (χ3n) is 3.76. The van der Waals surface area contributed by atoms with Crippen molar-refractivity contribution in [2.45, 2.75) is 31.8 Å². The molecule has 2 N–H and O–H groups in total. The quantitative estimate of drug-likeness (QED) is 0.885. The summed E-state index contributed by atoms with van der Waals surface area (Å²) in [5.41, 5.74) is 2.61. The summed E-state index contributed by atoms with van der Waals surface area (Å²) in [5, 5.41) is 8.11. The molecule has 3 rings (SSSR count). The van der Waals surface area contributed by atoms with Gasteiger partial charge in [0.1, 0.15) is 0 Å². The summed E-state index contributed by atoms with van der Waals surface area (Å²) in [7, 11) is 0. The molecule has 0 fully saturated rings. The van der Waals surface area contributed by atoms with Crippen LogP contribution in [0.3, 0.4) is 0 Å². The van der Waals surface area contributed by atoms with Gasteiger partial charge in [-0.3, -0.25) is 0 Å². The number of carbonyl (C=O) groups is 1. The van der Waals surface area contributed by atoms with Crippen LogP contribution >= 0.6 is 11.3 Å². The molecule has 1 aliphatic rings. The SMILES string of the molecule is C[C@@H](NC(=O)N[C@@H]1CCc2ccccc21)c1cccs1. The lowest BCUT2D eigenvalue weighted by Gasteiger charge is -2.17. The van der Waals surface area contributed by atoms with Gasteiger partial charge in [-0.2, -0.15) is 0 Å². The van der Waals surface area contributed by atoms with E-state index in [0.717, 1.165) is 12.8 Å². The molecule has 104 valence electrons. The lowest BCUT2D eigenvalue weighted by atomic mass is 10.1. The highest BCUT2D eigenvalue weighted by molar-refractivity contribution is 7.10. The zero-order chi connectivity index (χ0) is 13.9. The Balaban J connectivity index is 1.60. The van der Waals surface area contributed by atoms with Crippen molar-refractivity contribution in [3.63, 3.8) is 0 Å². The highest BCUT2D eigenvalue weighted by Crippen LogP contribution is 2.30. The smallest absolute Gasteiger partial charge is 0.315 e. The van der Waals surface area contributed by atoms with Gasteiger partial charge in [-0.15, -0.1) is 11.3 Å². The van der Waals surface area contributed by atoms with Crippen molar-refractivity contribution in [3.8, 4) is 0 Å². The number of fused-ring (bicyclic) bond motifs is 1. The Labute approximate surface area is 123 Å². The lowest BCUT2D eigenvalue weighted by molar-refractivity contribution is 0.234. The highest BCUT2D eigenvalue weighted by atomic mass is 32.1. The second-order valence-electron chi connectivity index (χ2n) is 5.14. The molecule has 0 saturated heterocycles. The van der Waals surface area contributed by atoms with Gasteiger partial charge in [0.05, 0.1) is 12.1 Å². The predicted octanol–water partition coefficient (Wildman–Crippen LogP) is 3.80. The van der Waals surface area contributed by atoms with E-state index in [9.17, 15) is 4.79 Å². The molecule has 20 heavy (non-hydrogen) atoms. The van der Waals surface area contributed by atoms with Crippen LogP contribution in [0.4, 0.5) is 4.79 Å². The molecule has 0 aliphatic heterocycles. The summed E-state index contributed by atoms with van der Waals surface area (Å²) in [6.07, 6.45) is 2.03. The highest BCUT2D eigenvalue weighted by Gasteiger charge is 2.23. The second kappa shape index (κ2) is 5.67. The molecular formula is C16H18N2OS. The summed E-state index contributed by atoms with van der Waals surface area (Å²) in [4.78, 5) is 13.3. The molecule has 0 spiro atoms. The molecule has 3 nitrogen and oxygen atoms in total. The molecule has 1 heterocycles. The minimum absolute atomic E-state index is 0.0478. The van der Waals surface area contributed by atoms with Crippen molar-refractivity contribution in [3.05, 3.63) is 57.8 Å². The molecule has 1 aromatic carbocycles. The summed E-state index contributed by atoms with van der Waals surface area (Å²) in [6, 6.07) is 12.5. The number of benzene rings is 1. The van der Waals surface area contributed by atoms with Gasteiger partial charge >= 0.3 is 6.03 Å². The van der Waals surface area contributed by atoms with Crippen molar-refractivity contribution >= 4 is 17.4 Å². The number of carbonyl (C=O) groups excluding carboxylic acids is 1. The van der Waals surface area contributed by atoms with E-state index in [4.69, 9.17) is 0 Å². The standard InChI is InChI=1S/C16H18N2OS/c1-11(15-7-4-10-20-15)17-16(19)18-14-9-8-12-5-2-3-6-13(12)14/h2-7,10-11,14H,8-9H2,1H3,(H2,17,18,19)/t11-,14-/m1/s1. The molecular weight excluding hydrogens is 268 g/mol. The second-order valence-corrected chi connectivity index (χ2v) is 6.12. The third-order valence-corrected chi connectivity index (χ3v) is 4.81. The van der Waals surface area contributed by atoms with Gasteiger partial charge in [-0.05, 0) is 42.3 Å². The van der Waals surface area contributed by atoms with Gasteiger partial charge in [0.2, 0.25) is 0 Å². The first-order valence-corrected chi connectivity index (χ1v) is 7.80. The Bertz CT molecular complexity index is 594. The zero-order valence-corrected chi connectivity index (χ0v) is 12.2. The summed E-state index contributed by atoms with van der Waals surface area (Å²) in [6.45, 7) is 2.01.